The van der Waals surface area contributed by atoms with E-state index in [1.165, 1.54) is 12.1 Å². The maximum Gasteiger partial charge on any atom is 0.278 e. The number of nitrogens with one attached hydrogen (secondary N) is 1. The number of carbonyl (C=O) groups is 1. The number of rotatable bonds is 3. The number of benzene rings is 2. The zero-order chi connectivity index (χ0) is 18.8. The van der Waals surface area contributed by atoms with Crippen LogP contribution in [-0.4, -0.2) is 54.0 Å². The molecule has 27 heavy (non-hydrogen) atoms. The minimum atomic E-state index is -0.406. The van der Waals surface area contributed by atoms with Crippen molar-refractivity contribution >= 4 is 28.4 Å². The van der Waals surface area contributed by atoms with Gasteiger partial charge in [-0.1, -0.05) is 18.2 Å². The Balaban J connectivity index is 1.72. The van der Waals surface area contributed by atoms with Gasteiger partial charge in [0, 0.05) is 31.9 Å². The molecule has 1 fully saturated rings. The molecule has 2 heterocycles. The zero-order valence-corrected chi connectivity index (χ0v) is 15.0. The molecule has 1 saturated heterocycles. The second-order valence-corrected chi connectivity index (χ2v) is 6.64. The van der Waals surface area contributed by atoms with Crippen LogP contribution >= 0.6 is 0 Å². The fraction of sp³-hybridized carbons (Fsp3) is 0.250. The average molecular weight is 365 g/mol. The molecule has 138 valence electrons. The molecule has 1 aromatic heterocycles. The number of anilines is 2. The Morgan fingerprint density at radius 1 is 1.00 bits per heavy atom. The number of para-hydroxylation sites is 2. The maximum atomic E-state index is 13.4. The van der Waals surface area contributed by atoms with E-state index >= 15 is 0 Å². The lowest BCUT2D eigenvalue weighted by atomic mass is 10.2. The van der Waals surface area contributed by atoms with Gasteiger partial charge < -0.3 is 15.1 Å². The molecule has 0 bridgehead atoms. The highest BCUT2D eigenvalue weighted by molar-refractivity contribution is 6.07. The fourth-order valence-electron chi connectivity index (χ4n) is 3.14. The van der Waals surface area contributed by atoms with E-state index in [2.05, 4.69) is 27.1 Å². The standard InChI is InChI=1S/C20H20FN5O/c1-25-9-11-26(12-10-25)19-18(23-16-7-2-3-8-17(16)24-19)20(27)22-15-6-4-5-14(21)13-15/h2-8,13H,9-12H2,1H3,(H,22,27). The van der Waals surface area contributed by atoms with Crippen molar-refractivity contribution in [2.45, 2.75) is 0 Å². The Labute approximate surface area is 156 Å². The van der Waals surface area contributed by atoms with Crippen LogP contribution in [0.4, 0.5) is 15.9 Å². The van der Waals surface area contributed by atoms with Crippen molar-refractivity contribution < 1.29 is 9.18 Å². The molecule has 4 rings (SSSR count). The van der Waals surface area contributed by atoms with Gasteiger partial charge in [0.15, 0.2) is 11.5 Å². The van der Waals surface area contributed by atoms with Crippen LogP contribution in [0.1, 0.15) is 10.5 Å². The van der Waals surface area contributed by atoms with Crippen LogP contribution in [-0.2, 0) is 0 Å². The first-order valence-corrected chi connectivity index (χ1v) is 8.87. The number of likely N-dealkylation sites (N-methyl/N-ethyl adjacent to an activating group) is 1. The molecule has 1 aliphatic heterocycles. The van der Waals surface area contributed by atoms with Crippen molar-refractivity contribution in [3.63, 3.8) is 0 Å². The second kappa shape index (κ2) is 7.28. The van der Waals surface area contributed by atoms with E-state index < -0.39 is 11.7 Å². The third kappa shape index (κ3) is 3.73. The van der Waals surface area contributed by atoms with E-state index in [1.807, 2.05) is 24.3 Å². The summed E-state index contributed by atoms with van der Waals surface area (Å²) in [6.07, 6.45) is 0. The summed E-state index contributed by atoms with van der Waals surface area (Å²) in [5.41, 5.74) is 2.04. The summed E-state index contributed by atoms with van der Waals surface area (Å²) < 4.78 is 13.4. The number of amides is 1. The molecule has 2 aromatic carbocycles. The second-order valence-electron chi connectivity index (χ2n) is 6.64. The van der Waals surface area contributed by atoms with E-state index in [0.29, 0.717) is 17.0 Å². The van der Waals surface area contributed by atoms with Gasteiger partial charge in [-0.15, -0.1) is 0 Å². The van der Waals surface area contributed by atoms with Crippen LogP contribution < -0.4 is 10.2 Å². The van der Waals surface area contributed by atoms with Crippen molar-refractivity contribution in [3.05, 3.63) is 60.0 Å². The lowest BCUT2D eigenvalue weighted by Crippen LogP contribution is -2.45. The van der Waals surface area contributed by atoms with Crippen LogP contribution in [0.2, 0.25) is 0 Å². The first kappa shape index (κ1) is 17.4. The van der Waals surface area contributed by atoms with Gasteiger partial charge in [-0.05, 0) is 37.4 Å². The highest BCUT2D eigenvalue weighted by atomic mass is 19.1. The zero-order valence-electron chi connectivity index (χ0n) is 15.0. The van der Waals surface area contributed by atoms with Crippen LogP contribution in [0.25, 0.3) is 11.0 Å². The summed E-state index contributed by atoms with van der Waals surface area (Å²) in [5, 5.41) is 2.73. The van der Waals surface area contributed by atoms with Gasteiger partial charge in [0.1, 0.15) is 5.82 Å². The highest BCUT2D eigenvalue weighted by Crippen LogP contribution is 2.23. The third-order valence-corrected chi connectivity index (χ3v) is 4.65. The van der Waals surface area contributed by atoms with Crippen molar-refractivity contribution in [2.24, 2.45) is 0 Å². The number of carbonyl (C=O) groups excluding carboxylic acids is 1. The van der Waals surface area contributed by atoms with Gasteiger partial charge in [-0.3, -0.25) is 4.79 Å². The largest absolute Gasteiger partial charge is 0.352 e. The first-order chi connectivity index (χ1) is 13.1. The predicted octanol–water partition coefficient (Wildman–Crippen LogP) is 2.77. The number of hydrogen-bond acceptors (Lipinski definition) is 5. The van der Waals surface area contributed by atoms with E-state index in [-0.39, 0.29) is 5.69 Å². The van der Waals surface area contributed by atoms with E-state index in [4.69, 9.17) is 4.98 Å². The van der Waals surface area contributed by atoms with E-state index in [9.17, 15) is 9.18 Å². The molecule has 0 aliphatic carbocycles. The molecule has 0 spiro atoms. The number of piperazine rings is 1. The summed E-state index contributed by atoms with van der Waals surface area (Å²) in [6, 6.07) is 13.3. The lowest BCUT2D eigenvalue weighted by Gasteiger charge is -2.33. The molecular formula is C20H20FN5O. The highest BCUT2D eigenvalue weighted by Gasteiger charge is 2.24. The molecule has 0 unspecified atom stereocenters. The predicted molar refractivity (Wildman–Crippen MR) is 104 cm³/mol. The summed E-state index contributed by atoms with van der Waals surface area (Å²) in [4.78, 5) is 26.5. The number of hydrogen-bond donors (Lipinski definition) is 1. The molecule has 3 aromatic rings. The molecule has 6 nitrogen and oxygen atoms in total. The Bertz CT molecular complexity index is 985. The number of fused-ring (bicyclic) bond motifs is 1. The van der Waals surface area contributed by atoms with Crippen molar-refractivity contribution in [3.8, 4) is 0 Å². The molecule has 0 radical (unpaired) electrons. The summed E-state index contributed by atoms with van der Waals surface area (Å²) in [6.45, 7) is 3.31. The maximum absolute atomic E-state index is 13.4. The third-order valence-electron chi connectivity index (χ3n) is 4.65. The van der Waals surface area contributed by atoms with Gasteiger partial charge in [-0.25, -0.2) is 14.4 Å². The molecule has 0 atom stereocenters. The smallest absolute Gasteiger partial charge is 0.278 e. The van der Waals surface area contributed by atoms with Gasteiger partial charge in [0.05, 0.1) is 11.0 Å². The molecule has 1 amide bonds. The van der Waals surface area contributed by atoms with Crippen molar-refractivity contribution in [1.82, 2.24) is 14.9 Å². The van der Waals surface area contributed by atoms with Gasteiger partial charge >= 0.3 is 0 Å². The quantitative estimate of drug-likeness (QED) is 0.773. The lowest BCUT2D eigenvalue weighted by molar-refractivity contribution is 0.102. The Morgan fingerprint density at radius 2 is 1.70 bits per heavy atom. The van der Waals surface area contributed by atoms with Gasteiger partial charge in [0.2, 0.25) is 0 Å². The number of halogens is 1. The molecule has 0 saturated carbocycles. The topological polar surface area (TPSA) is 61.4 Å². The van der Waals surface area contributed by atoms with Crippen molar-refractivity contribution in [2.75, 3.05) is 43.4 Å². The summed E-state index contributed by atoms with van der Waals surface area (Å²) in [5.74, 6) is -0.236. The number of nitrogens with zero attached hydrogens (tertiary/aromatic N) is 4. The van der Waals surface area contributed by atoms with Crippen LogP contribution in [0.3, 0.4) is 0 Å². The van der Waals surface area contributed by atoms with Crippen LogP contribution in [0.5, 0.6) is 0 Å². The van der Waals surface area contributed by atoms with Crippen LogP contribution in [0, 0.1) is 5.82 Å². The Hall–Kier alpha value is -3.06. The SMILES string of the molecule is CN1CCN(c2nc3ccccc3nc2C(=O)Nc2cccc(F)c2)CC1. The van der Waals surface area contributed by atoms with E-state index in [1.54, 1.807) is 12.1 Å². The normalized spacial score (nSPS) is 15.1. The fourth-order valence-corrected chi connectivity index (χ4v) is 3.14. The van der Waals surface area contributed by atoms with Crippen LogP contribution in [0.15, 0.2) is 48.5 Å². The summed E-state index contributed by atoms with van der Waals surface area (Å²) >= 11 is 0. The monoisotopic (exact) mass is 365 g/mol. The molecule has 7 heteroatoms. The first-order valence-electron chi connectivity index (χ1n) is 8.87. The Morgan fingerprint density at radius 3 is 2.41 bits per heavy atom. The average Bonchev–Trinajstić information content (AvgIpc) is 2.67. The van der Waals surface area contributed by atoms with E-state index in [0.717, 1.165) is 31.7 Å². The van der Waals surface area contributed by atoms with Gasteiger partial charge in [-0.2, -0.15) is 0 Å². The Kier molecular flexibility index (Phi) is 4.68. The molecule has 1 N–H and O–H groups in total. The minimum absolute atomic E-state index is 0.252. The van der Waals surface area contributed by atoms with Gasteiger partial charge in [0.25, 0.3) is 5.91 Å². The minimum Gasteiger partial charge on any atom is -0.352 e. The number of aromatic nitrogens is 2. The molecular weight excluding hydrogens is 345 g/mol. The van der Waals surface area contributed by atoms with Crippen molar-refractivity contribution in [1.29, 1.82) is 0 Å². The summed E-state index contributed by atoms with van der Waals surface area (Å²) in [7, 11) is 2.07. The molecule has 1 aliphatic rings.